The summed E-state index contributed by atoms with van der Waals surface area (Å²) in [4.78, 5) is 15.0. The fourth-order valence-electron chi connectivity index (χ4n) is 1.66. The van der Waals surface area contributed by atoms with Gasteiger partial charge in [0.25, 0.3) is 5.91 Å². The van der Waals surface area contributed by atoms with Crippen LogP contribution in [0.3, 0.4) is 0 Å². The number of nitrogens with one attached hydrogen (secondary N) is 1. The van der Waals surface area contributed by atoms with Crippen molar-refractivity contribution >= 4 is 17.4 Å². The molecule has 1 amide bonds. The summed E-state index contributed by atoms with van der Waals surface area (Å²) in [7, 11) is 0. The zero-order chi connectivity index (χ0) is 11.7. The van der Waals surface area contributed by atoms with Crippen LogP contribution in [-0.2, 0) is 0 Å². The third kappa shape index (κ3) is 2.24. The van der Waals surface area contributed by atoms with Crippen LogP contribution in [0.25, 0.3) is 0 Å². The molecule has 0 bridgehead atoms. The maximum atomic E-state index is 11.0. The lowest BCUT2D eigenvalue weighted by Crippen LogP contribution is -2.16. The number of nitrogens with two attached hydrogens (primary N) is 2. The number of carbonyl (C=O) groups is 1. The zero-order valence-electron chi connectivity index (χ0n) is 9.23. The first kappa shape index (κ1) is 10.7. The maximum absolute atomic E-state index is 11.0. The van der Waals surface area contributed by atoms with Gasteiger partial charge in [0.1, 0.15) is 11.5 Å². The van der Waals surface area contributed by atoms with E-state index < -0.39 is 5.91 Å². The fourth-order valence-corrected chi connectivity index (χ4v) is 1.66. The number of pyridine rings is 1. The van der Waals surface area contributed by atoms with Crippen molar-refractivity contribution in [3.63, 3.8) is 0 Å². The molecule has 2 rings (SSSR count). The number of amides is 1. The quantitative estimate of drug-likeness (QED) is 0.700. The Morgan fingerprint density at radius 2 is 2.31 bits per heavy atom. The minimum absolute atomic E-state index is 0.237. The van der Waals surface area contributed by atoms with E-state index in [1.165, 1.54) is 12.5 Å². The topological polar surface area (TPSA) is 94.0 Å². The maximum Gasteiger partial charge on any atom is 0.267 e. The zero-order valence-corrected chi connectivity index (χ0v) is 9.23. The van der Waals surface area contributed by atoms with Crippen LogP contribution in [0.5, 0.6) is 0 Å². The first-order valence-corrected chi connectivity index (χ1v) is 5.38. The Bertz CT molecular complexity index is 418. The molecule has 1 heterocycles. The second kappa shape index (κ2) is 4.00. The summed E-state index contributed by atoms with van der Waals surface area (Å²) in [6, 6.07) is 3.17. The molecule has 86 valence electrons. The normalized spacial score (nSPS) is 22.8. The van der Waals surface area contributed by atoms with Crippen LogP contribution in [-0.4, -0.2) is 17.4 Å². The number of aromatic nitrogens is 1. The summed E-state index contributed by atoms with van der Waals surface area (Å²) < 4.78 is 0. The average Bonchev–Trinajstić information content (AvgIpc) is 2.93. The summed E-state index contributed by atoms with van der Waals surface area (Å²) in [6.07, 6.45) is 1.24. The molecule has 1 saturated carbocycles. The summed E-state index contributed by atoms with van der Waals surface area (Å²) in [5, 5.41) is 3.16. The highest BCUT2D eigenvalue weighted by atomic mass is 16.1. The Morgan fingerprint density at radius 3 is 2.88 bits per heavy atom. The lowest BCUT2D eigenvalue weighted by atomic mass is 10.3. The number of nitrogens with zero attached hydrogens (tertiary/aromatic N) is 1. The minimum atomic E-state index is -0.539. The van der Waals surface area contributed by atoms with E-state index in [1.54, 1.807) is 6.07 Å². The van der Waals surface area contributed by atoms with Crippen molar-refractivity contribution in [2.75, 3.05) is 17.6 Å². The number of nitrogen functional groups attached to an aromatic ring is 1. The largest absolute Gasteiger partial charge is 0.396 e. The predicted molar refractivity (Wildman–Crippen MR) is 62.9 cm³/mol. The van der Waals surface area contributed by atoms with E-state index in [0.717, 1.165) is 12.5 Å². The minimum Gasteiger partial charge on any atom is -0.396 e. The van der Waals surface area contributed by atoms with Crippen LogP contribution in [0.4, 0.5) is 11.5 Å². The van der Waals surface area contributed by atoms with Crippen LogP contribution in [0.1, 0.15) is 23.8 Å². The summed E-state index contributed by atoms with van der Waals surface area (Å²) in [5.41, 5.74) is 11.7. The Hall–Kier alpha value is -1.78. The van der Waals surface area contributed by atoms with Crippen LogP contribution in [0.2, 0.25) is 0 Å². The second-order valence-corrected chi connectivity index (χ2v) is 4.35. The molecule has 2 unspecified atom stereocenters. The van der Waals surface area contributed by atoms with E-state index in [0.29, 0.717) is 17.4 Å². The lowest BCUT2D eigenvalue weighted by molar-refractivity contribution is 0.0996. The van der Waals surface area contributed by atoms with Gasteiger partial charge in [-0.3, -0.25) is 4.79 Å². The van der Waals surface area contributed by atoms with Crippen molar-refractivity contribution in [3.8, 4) is 0 Å². The van der Waals surface area contributed by atoms with Crippen molar-refractivity contribution in [1.29, 1.82) is 0 Å². The van der Waals surface area contributed by atoms with Crippen molar-refractivity contribution in [2.45, 2.75) is 13.3 Å². The molecule has 16 heavy (non-hydrogen) atoms. The van der Waals surface area contributed by atoms with Crippen molar-refractivity contribution in [3.05, 3.63) is 17.8 Å². The van der Waals surface area contributed by atoms with E-state index in [1.807, 2.05) is 0 Å². The Morgan fingerprint density at radius 1 is 1.62 bits per heavy atom. The van der Waals surface area contributed by atoms with Gasteiger partial charge in [-0.1, -0.05) is 6.92 Å². The molecule has 0 aromatic carbocycles. The average molecular weight is 220 g/mol. The monoisotopic (exact) mass is 220 g/mol. The van der Waals surface area contributed by atoms with Crippen LogP contribution in [0, 0.1) is 11.8 Å². The van der Waals surface area contributed by atoms with Gasteiger partial charge >= 0.3 is 0 Å². The van der Waals surface area contributed by atoms with Gasteiger partial charge in [0.05, 0.1) is 5.69 Å². The van der Waals surface area contributed by atoms with Gasteiger partial charge in [0, 0.05) is 6.54 Å². The molecule has 1 aromatic heterocycles. The van der Waals surface area contributed by atoms with Crippen LogP contribution >= 0.6 is 0 Å². The van der Waals surface area contributed by atoms with E-state index in [4.69, 9.17) is 11.5 Å². The van der Waals surface area contributed by atoms with Gasteiger partial charge in [-0.15, -0.1) is 0 Å². The van der Waals surface area contributed by atoms with Crippen molar-refractivity contribution in [2.24, 2.45) is 17.6 Å². The smallest absolute Gasteiger partial charge is 0.267 e. The van der Waals surface area contributed by atoms with Crippen LogP contribution in [0.15, 0.2) is 12.1 Å². The molecule has 0 spiro atoms. The van der Waals surface area contributed by atoms with Gasteiger partial charge in [0.2, 0.25) is 0 Å². The van der Waals surface area contributed by atoms with Gasteiger partial charge < -0.3 is 16.8 Å². The lowest BCUT2D eigenvalue weighted by Gasteiger charge is -2.08. The Kier molecular flexibility index (Phi) is 2.68. The molecular weight excluding hydrogens is 204 g/mol. The van der Waals surface area contributed by atoms with E-state index in [9.17, 15) is 4.79 Å². The highest BCUT2D eigenvalue weighted by molar-refractivity contribution is 5.91. The molecule has 0 saturated heterocycles. The first-order chi connectivity index (χ1) is 7.58. The SMILES string of the molecule is CC1CC1CNc1nc(C(N)=O)ccc1N. The molecule has 0 radical (unpaired) electrons. The summed E-state index contributed by atoms with van der Waals surface area (Å²) in [5.74, 6) is 1.48. The molecule has 1 aliphatic rings. The molecular formula is C11H16N4O. The summed E-state index contributed by atoms with van der Waals surface area (Å²) in [6.45, 7) is 3.06. The molecule has 5 nitrogen and oxygen atoms in total. The third-order valence-corrected chi connectivity index (χ3v) is 2.99. The van der Waals surface area contributed by atoms with Gasteiger partial charge in [-0.2, -0.15) is 0 Å². The van der Waals surface area contributed by atoms with Crippen LogP contribution < -0.4 is 16.8 Å². The number of rotatable bonds is 4. The highest BCUT2D eigenvalue weighted by Gasteiger charge is 2.32. The highest BCUT2D eigenvalue weighted by Crippen LogP contribution is 2.37. The molecule has 5 heteroatoms. The number of hydrogen-bond acceptors (Lipinski definition) is 4. The molecule has 1 aromatic rings. The number of carbonyl (C=O) groups excluding carboxylic acids is 1. The predicted octanol–water partition coefficient (Wildman–Crippen LogP) is 0.831. The molecule has 1 fully saturated rings. The van der Waals surface area contributed by atoms with Gasteiger partial charge in [-0.25, -0.2) is 4.98 Å². The Labute approximate surface area is 94.2 Å². The van der Waals surface area contributed by atoms with Gasteiger partial charge in [-0.05, 0) is 30.4 Å². The van der Waals surface area contributed by atoms with E-state index >= 15 is 0 Å². The van der Waals surface area contributed by atoms with Crippen molar-refractivity contribution < 1.29 is 4.79 Å². The fraction of sp³-hybridized carbons (Fsp3) is 0.455. The van der Waals surface area contributed by atoms with E-state index in [2.05, 4.69) is 17.2 Å². The first-order valence-electron chi connectivity index (χ1n) is 5.38. The number of anilines is 2. The summed E-state index contributed by atoms with van der Waals surface area (Å²) >= 11 is 0. The molecule has 1 aliphatic carbocycles. The van der Waals surface area contributed by atoms with Crippen molar-refractivity contribution in [1.82, 2.24) is 4.98 Å². The molecule has 0 aliphatic heterocycles. The van der Waals surface area contributed by atoms with E-state index in [-0.39, 0.29) is 5.69 Å². The Balaban J connectivity index is 2.06. The number of primary amides is 1. The second-order valence-electron chi connectivity index (χ2n) is 4.35. The number of hydrogen-bond donors (Lipinski definition) is 3. The van der Waals surface area contributed by atoms with Gasteiger partial charge in [0.15, 0.2) is 0 Å². The standard InChI is InChI=1S/C11H16N4O/c1-6-4-7(6)5-14-11-8(12)2-3-9(15-11)10(13)16/h2-3,6-7H,4-5,12H2,1H3,(H2,13,16)(H,14,15). The molecule has 5 N–H and O–H groups in total. The molecule has 2 atom stereocenters. The third-order valence-electron chi connectivity index (χ3n) is 2.99.